The molecule has 7 aromatic carbocycles. The third kappa shape index (κ3) is 5.08. The highest BCUT2D eigenvalue weighted by atomic mass is 16.5. The summed E-state index contributed by atoms with van der Waals surface area (Å²) in [5.41, 5.74) is 10.2. The Hall–Kier alpha value is -6.57. The van der Waals surface area contributed by atoms with E-state index in [4.69, 9.17) is 9.47 Å². The second kappa shape index (κ2) is 12.8. The molecule has 8 rings (SSSR count). The Morgan fingerprint density at radius 1 is 0.480 bits per heavy atom. The van der Waals surface area contributed by atoms with Crippen LogP contribution in [-0.2, 0) is 5.41 Å². The van der Waals surface area contributed by atoms with Crippen LogP contribution in [0.3, 0.4) is 0 Å². The molecule has 0 aliphatic rings. The van der Waals surface area contributed by atoms with Gasteiger partial charge >= 0.3 is 0 Å². The minimum atomic E-state index is -0.591. The third-order valence-corrected chi connectivity index (χ3v) is 9.82. The van der Waals surface area contributed by atoms with Crippen molar-refractivity contribution in [1.29, 1.82) is 5.26 Å². The molecule has 240 valence electrons. The summed E-state index contributed by atoms with van der Waals surface area (Å²) in [7, 11) is 3.40. The maximum atomic E-state index is 9.29. The number of nitrogens with zero attached hydrogens (tertiary/aromatic N) is 2. The lowest BCUT2D eigenvalue weighted by Crippen LogP contribution is -2.31. The Balaban J connectivity index is 1.32. The highest BCUT2D eigenvalue weighted by Gasteiger charge is 2.38. The first-order valence-electron chi connectivity index (χ1n) is 16.6. The second-order valence-corrected chi connectivity index (χ2v) is 12.4. The number of rotatable bonds is 8. The molecule has 0 aliphatic carbocycles. The van der Waals surface area contributed by atoms with Crippen LogP contribution in [0.2, 0.25) is 0 Å². The van der Waals surface area contributed by atoms with Crippen molar-refractivity contribution in [3.63, 3.8) is 0 Å². The molecular weight excluding hydrogens is 613 g/mol. The number of nitriles is 1. The minimum absolute atomic E-state index is 0.591. The van der Waals surface area contributed by atoms with E-state index < -0.39 is 5.41 Å². The monoisotopic (exact) mass is 646 g/mol. The van der Waals surface area contributed by atoms with Crippen LogP contribution < -0.4 is 9.47 Å². The molecule has 0 N–H and O–H groups in total. The van der Waals surface area contributed by atoms with Crippen molar-refractivity contribution >= 4 is 21.8 Å². The van der Waals surface area contributed by atoms with Crippen molar-refractivity contribution in [3.8, 4) is 34.4 Å². The molecule has 0 saturated heterocycles. The van der Waals surface area contributed by atoms with Gasteiger partial charge in [0.15, 0.2) is 0 Å². The molecule has 0 amide bonds. The molecule has 0 bridgehead atoms. The molecule has 0 saturated carbocycles. The van der Waals surface area contributed by atoms with E-state index in [9.17, 15) is 5.26 Å². The van der Waals surface area contributed by atoms with E-state index in [1.54, 1.807) is 14.2 Å². The predicted molar refractivity (Wildman–Crippen MR) is 202 cm³/mol. The van der Waals surface area contributed by atoms with E-state index in [1.165, 1.54) is 11.1 Å². The van der Waals surface area contributed by atoms with Crippen LogP contribution in [0.1, 0.15) is 27.8 Å². The summed E-state index contributed by atoms with van der Waals surface area (Å²) in [5, 5.41) is 11.5. The topological polar surface area (TPSA) is 47.2 Å². The van der Waals surface area contributed by atoms with Crippen LogP contribution in [-0.4, -0.2) is 18.8 Å². The molecule has 4 heteroatoms. The summed E-state index contributed by atoms with van der Waals surface area (Å²) in [5.74, 6) is 1.63. The highest BCUT2D eigenvalue weighted by Crippen LogP contribution is 2.46. The molecule has 0 radical (unpaired) electrons. The number of methoxy groups -OCH3 is 2. The number of hydrogen-bond acceptors (Lipinski definition) is 3. The second-order valence-electron chi connectivity index (χ2n) is 12.4. The van der Waals surface area contributed by atoms with Crippen LogP contribution in [0, 0.1) is 11.3 Å². The normalized spacial score (nSPS) is 11.4. The summed E-state index contributed by atoms with van der Waals surface area (Å²) in [6.45, 7) is 0. The first-order chi connectivity index (χ1) is 24.6. The first-order valence-corrected chi connectivity index (χ1v) is 16.6. The fourth-order valence-electron chi connectivity index (χ4n) is 7.40. The fourth-order valence-corrected chi connectivity index (χ4v) is 7.40. The Morgan fingerprint density at radius 3 is 1.34 bits per heavy atom. The van der Waals surface area contributed by atoms with Gasteiger partial charge in [0.25, 0.3) is 0 Å². The van der Waals surface area contributed by atoms with Crippen LogP contribution in [0.15, 0.2) is 170 Å². The van der Waals surface area contributed by atoms with Gasteiger partial charge < -0.3 is 14.0 Å². The first kappa shape index (κ1) is 30.7. The van der Waals surface area contributed by atoms with Gasteiger partial charge in [0.05, 0.1) is 42.3 Å². The van der Waals surface area contributed by atoms with E-state index in [1.807, 2.05) is 36.4 Å². The fraction of sp³-hybridized carbons (Fsp3) is 0.0652. The molecule has 0 unspecified atom stereocenters. The highest BCUT2D eigenvalue weighted by molar-refractivity contribution is 6.10. The maximum Gasteiger partial charge on any atom is 0.119 e. The van der Waals surface area contributed by atoms with Crippen LogP contribution >= 0.6 is 0 Å². The molecular formula is C46H34N2O2. The smallest absolute Gasteiger partial charge is 0.119 e. The Bertz CT molecular complexity index is 2370. The minimum Gasteiger partial charge on any atom is -0.497 e. The zero-order chi connectivity index (χ0) is 34.1. The average Bonchev–Trinajstić information content (AvgIpc) is 3.52. The largest absolute Gasteiger partial charge is 0.497 e. The van der Waals surface area contributed by atoms with E-state index in [0.29, 0.717) is 5.56 Å². The molecule has 50 heavy (non-hydrogen) atoms. The van der Waals surface area contributed by atoms with Gasteiger partial charge in [-0.1, -0.05) is 109 Å². The van der Waals surface area contributed by atoms with Crippen LogP contribution in [0.4, 0.5) is 0 Å². The van der Waals surface area contributed by atoms with E-state index in [0.717, 1.165) is 61.2 Å². The van der Waals surface area contributed by atoms with Crippen molar-refractivity contribution in [3.05, 3.63) is 198 Å². The SMILES string of the molecule is COc1ccc2c(c1)c1cc(OC)ccc1n2-c1ccc(C(c2ccccc2)(c2ccccc2)c2ccc(-c3ccc(C#N)cc3)cc2)cc1. The number of fused-ring (bicyclic) bond motifs is 3. The number of ether oxygens (including phenoxy) is 2. The van der Waals surface area contributed by atoms with Gasteiger partial charge in [0, 0.05) is 16.5 Å². The molecule has 0 aliphatic heterocycles. The Kier molecular flexibility index (Phi) is 7.87. The Labute approximate surface area is 292 Å². The average molecular weight is 647 g/mol. The molecule has 0 atom stereocenters. The zero-order valence-corrected chi connectivity index (χ0v) is 27.9. The Morgan fingerprint density at radius 2 is 0.900 bits per heavy atom. The van der Waals surface area contributed by atoms with Crippen molar-refractivity contribution in [1.82, 2.24) is 4.57 Å². The van der Waals surface area contributed by atoms with Gasteiger partial charge in [-0.25, -0.2) is 0 Å². The van der Waals surface area contributed by atoms with Gasteiger partial charge in [-0.2, -0.15) is 5.26 Å². The summed E-state index contributed by atoms with van der Waals surface area (Å²) >= 11 is 0. The molecule has 1 aromatic heterocycles. The molecule has 1 heterocycles. The quantitative estimate of drug-likeness (QED) is 0.154. The van der Waals surface area contributed by atoms with Crippen molar-refractivity contribution in [2.75, 3.05) is 14.2 Å². The van der Waals surface area contributed by atoms with Gasteiger partial charge in [-0.15, -0.1) is 0 Å². The van der Waals surface area contributed by atoms with Crippen molar-refractivity contribution in [2.45, 2.75) is 5.41 Å². The lowest BCUT2D eigenvalue weighted by molar-refractivity contribution is 0.415. The van der Waals surface area contributed by atoms with Crippen molar-refractivity contribution < 1.29 is 9.47 Å². The zero-order valence-electron chi connectivity index (χ0n) is 27.9. The third-order valence-electron chi connectivity index (χ3n) is 9.82. The number of benzene rings is 7. The van der Waals surface area contributed by atoms with E-state index >= 15 is 0 Å². The molecule has 4 nitrogen and oxygen atoms in total. The standard InChI is InChI=1S/C46H34N2O2/c1-49-40-25-27-44-42(29-40)43-30-41(50-2)26-28-45(43)48(44)39-23-21-38(22-24-39)46(35-9-5-3-6-10-35,36-11-7-4-8-12-36)37-19-17-34(18-20-37)33-15-13-32(31-47)14-16-33/h3-30H,1-2H3. The lowest BCUT2D eigenvalue weighted by Gasteiger charge is -2.37. The lowest BCUT2D eigenvalue weighted by atomic mass is 9.65. The maximum absolute atomic E-state index is 9.29. The summed E-state index contributed by atoms with van der Waals surface area (Å²) < 4.78 is 13.5. The van der Waals surface area contributed by atoms with Gasteiger partial charge in [-0.3, -0.25) is 0 Å². The molecule has 8 aromatic rings. The number of aromatic nitrogens is 1. The molecule has 0 spiro atoms. The summed E-state index contributed by atoms with van der Waals surface area (Å²) in [6.07, 6.45) is 0. The number of hydrogen-bond donors (Lipinski definition) is 0. The molecule has 0 fully saturated rings. The van der Waals surface area contributed by atoms with E-state index in [-0.39, 0.29) is 0 Å². The predicted octanol–water partition coefficient (Wildman–Crippen LogP) is 10.7. The van der Waals surface area contributed by atoms with E-state index in [2.05, 4.69) is 144 Å². The van der Waals surface area contributed by atoms with Crippen molar-refractivity contribution in [2.24, 2.45) is 0 Å². The summed E-state index contributed by atoms with van der Waals surface area (Å²) in [6, 6.07) is 61.8. The van der Waals surface area contributed by atoms with Gasteiger partial charge in [0.1, 0.15) is 11.5 Å². The van der Waals surface area contributed by atoms with Gasteiger partial charge in [-0.05, 0) is 94.0 Å². The summed E-state index contributed by atoms with van der Waals surface area (Å²) in [4.78, 5) is 0. The van der Waals surface area contributed by atoms with Gasteiger partial charge in [0.2, 0.25) is 0 Å². The van der Waals surface area contributed by atoms with Crippen LogP contribution in [0.25, 0.3) is 38.6 Å². The van der Waals surface area contributed by atoms with Crippen LogP contribution in [0.5, 0.6) is 11.5 Å².